The Morgan fingerprint density at radius 1 is 0.882 bits per heavy atom. The van der Waals surface area contributed by atoms with Gasteiger partial charge in [0.1, 0.15) is 0 Å². The summed E-state index contributed by atoms with van der Waals surface area (Å²) in [6.45, 7) is 0. The van der Waals surface area contributed by atoms with Crippen molar-refractivity contribution in [2.75, 3.05) is 0 Å². The van der Waals surface area contributed by atoms with Crippen LogP contribution in [0.3, 0.4) is 0 Å². The second-order valence-corrected chi connectivity index (χ2v) is 4.17. The molecular formula is C12H6Cl2F2O. The predicted octanol–water partition coefficient (Wildman–Crippen LogP) is 4.64. The highest BCUT2D eigenvalue weighted by atomic mass is 35.5. The molecule has 0 saturated heterocycles. The summed E-state index contributed by atoms with van der Waals surface area (Å²) >= 11 is 11.8. The van der Waals surface area contributed by atoms with Crippen LogP contribution in [0, 0.1) is 11.6 Å². The zero-order chi connectivity index (χ0) is 12.6. The van der Waals surface area contributed by atoms with Crippen molar-refractivity contribution >= 4 is 23.2 Å². The molecule has 1 N–H and O–H groups in total. The van der Waals surface area contributed by atoms with Gasteiger partial charge < -0.3 is 5.11 Å². The van der Waals surface area contributed by atoms with Gasteiger partial charge in [-0.1, -0.05) is 29.3 Å². The highest BCUT2D eigenvalue weighted by molar-refractivity contribution is 6.39. The van der Waals surface area contributed by atoms with Crippen molar-refractivity contribution in [3.8, 4) is 16.9 Å². The monoisotopic (exact) mass is 274 g/mol. The Bertz CT molecular complexity index is 565. The van der Waals surface area contributed by atoms with Crippen LogP contribution in [0.15, 0.2) is 30.3 Å². The molecule has 0 radical (unpaired) electrons. The van der Waals surface area contributed by atoms with Crippen LogP contribution in [0.4, 0.5) is 8.78 Å². The molecule has 0 saturated carbocycles. The number of aromatic hydroxyl groups is 1. The van der Waals surface area contributed by atoms with E-state index in [2.05, 4.69) is 0 Å². The predicted molar refractivity (Wildman–Crippen MR) is 63.5 cm³/mol. The molecule has 2 aromatic rings. The largest absolute Gasteiger partial charge is 0.505 e. The fraction of sp³-hybridized carbons (Fsp3) is 0. The van der Waals surface area contributed by atoms with Gasteiger partial charge in [0.15, 0.2) is 11.6 Å². The minimum Gasteiger partial charge on any atom is -0.505 e. The topological polar surface area (TPSA) is 20.2 Å². The molecule has 2 rings (SSSR count). The third-order valence-corrected chi connectivity index (χ3v) is 2.92. The van der Waals surface area contributed by atoms with E-state index in [-0.39, 0.29) is 21.2 Å². The first kappa shape index (κ1) is 12.1. The molecule has 17 heavy (non-hydrogen) atoms. The standard InChI is InChI=1S/C12H6Cl2F2O/c13-7-2-1-3-8(14)10(7)6-4-5-9(17)12(16)11(6)15/h1-5,17H. The molecule has 0 bridgehead atoms. The summed E-state index contributed by atoms with van der Waals surface area (Å²) in [5.74, 6) is -3.26. The molecule has 0 aromatic heterocycles. The van der Waals surface area contributed by atoms with Crippen LogP contribution in [0.25, 0.3) is 11.1 Å². The number of phenolic OH excluding ortho intramolecular Hbond substituents is 1. The molecule has 0 unspecified atom stereocenters. The SMILES string of the molecule is Oc1ccc(-c2c(Cl)cccc2Cl)c(F)c1F. The number of halogens is 4. The first-order valence-corrected chi connectivity index (χ1v) is 5.39. The van der Waals surface area contributed by atoms with Crippen molar-refractivity contribution < 1.29 is 13.9 Å². The van der Waals surface area contributed by atoms with E-state index in [4.69, 9.17) is 28.3 Å². The summed E-state index contributed by atoms with van der Waals surface area (Å²) in [4.78, 5) is 0. The van der Waals surface area contributed by atoms with Gasteiger partial charge in [-0.25, -0.2) is 4.39 Å². The van der Waals surface area contributed by atoms with E-state index in [1.54, 1.807) is 6.07 Å². The van der Waals surface area contributed by atoms with E-state index in [0.29, 0.717) is 0 Å². The lowest BCUT2D eigenvalue weighted by molar-refractivity contribution is 0.408. The number of hydrogen-bond donors (Lipinski definition) is 1. The normalized spacial score (nSPS) is 10.6. The van der Waals surface area contributed by atoms with Crippen LogP contribution in [0.5, 0.6) is 5.75 Å². The minimum atomic E-state index is -1.32. The molecular weight excluding hydrogens is 269 g/mol. The third-order valence-electron chi connectivity index (χ3n) is 2.29. The molecule has 0 aliphatic carbocycles. The maximum atomic E-state index is 13.7. The van der Waals surface area contributed by atoms with Gasteiger partial charge in [0.2, 0.25) is 5.82 Å². The molecule has 88 valence electrons. The van der Waals surface area contributed by atoms with E-state index in [1.807, 2.05) is 0 Å². The van der Waals surface area contributed by atoms with Gasteiger partial charge in [-0.05, 0) is 24.3 Å². The Hall–Kier alpha value is -1.32. The van der Waals surface area contributed by atoms with Crippen LogP contribution < -0.4 is 0 Å². The van der Waals surface area contributed by atoms with Gasteiger partial charge in [0, 0.05) is 21.2 Å². The van der Waals surface area contributed by atoms with E-state index in [9.17, 15) is 8.78 Å². The van der Waals surface area contributed by atoms with Crippen molar-refractivity contribution in [1.82, 2.24) is 0 Å². The molecule has 0 fully saturated rings. The molecule has 5 heteroatoms. The number of hydrogen-bond acceptors (Lipinski definition) is 1. The quantitative estimate of drug-likeness (QED) is 0.803. The molecule has 0 spiro atoms. The van der Waals surface area contributed by atoms with Crippen LogP contribution >= 0.6 is 23.2 Å². The molecule has 0 aliphatic rings. The molecule has 0 atom stereocenters. The maximum Gasteiger partial charge on any atom is 0.200 e. The minimum absolute atomic E-state index is 0.0871. The lowest BCUT2D eigenvalue weighted by atomic mass is 10.0. The summed E-state index contributed by atoms with van der Waals surface area (Å²) in [6.07, 6.45) is 0. The van der Waals surface area contributed by atoms with Gasteiger partial charge >= 0.3 is 0 Å². The number of phenols is 1. The Kier molecular flexibility index (Phi) is 3.22. The summed E-state index contributed by atoms with van der Waals surface area (Å²) in [5, 5.41) is 9.45. The average molecular weight is 275 g/mol. The van der Waals surface area contributed by atoms with Crippen LogP contribution in [-0.2, 0) is 0 Å². The molecule has 0 amide bonds. The van der Waals surface area contributed by atoms with Gasteiger partial charge in [-0.3, -0.25) is 0 Å². The Morgan fingerprint density at radius 2 is 1.47 bits per heavy atom. The first-order chi connectivity index (χ1) is 8.02. The van der Waals surface area contributed by atoms with E-state index < -0.39 is 17.4 Å². The third kappa shape index (κ3) is 2.08. The Morgan fingerprint density at radius 3 is 2.06 bits per heavy atom. The summed E-state index contributed by atoms with van der Waals surface area (Å²) in [5.41, 5.74) is 0.114. The highest BCUT2D eigenvalue weighted by Gasteiger charge is 2.18. The summed E-state index contributed by atoms with van der Waals surface area (Å²) in [6, 6.07) is 6.91. The van der Waals surface area contributed by atoms with Crippen LogP contribution in [-0.4, -0.2) is 5.11 Å². The summed E-state index contributed by atoms with van der Waals surface area (Å²) < 4.78 is 26.9. The van der Waals surface area contributed by atoms with Crippen molar-refractivity contribution in [3.63, 3.8) is 0 Å². The van der Waals surface area contributed by atoms with Crippen LogP contribution in [0.2, 0.25) is 10.0 Å². The smallest absolute Gasteiger partial charge is 0.200 e. The van der Waals surface area contributed by atoms with Gasteiger partial charge in [-0.15, -0.1) is 0 Å². The second-order valence-electron chi connectivity index (χ2n) is 3.36. The number of benzene rings is 2. The Balaban J connectivity index is 2.74. The summed E-state index contributed by atoms with van der Waals surface area (Å²) in [7, 11) is 0. The highest BCUT2D eigenvalue weighted by Crippen LogP contribution is 2.37. The van der Waals surface area contributed by atoms with Crippen molar-refractivity contribution in [2.24, 2.45) is 0 Å². The number of rotatable bonds is 1. The zero-order valence-electron chi connectivity index (χ0n) is 8.35. The van der Waals surface area contributed by atoms with E-state index in [0.717, 1.165) is 6.07 Å². The van der Waals surface area contributed by atoms with Crippen molar-refractivity contribution in [1.29, 1.82) is 0 Å². The molecule has 1 nitrogen and oxygen atoms in total. The lowest BCUT2D eigenvalue weighted by Gasteiger charge is -2.09. The van der Waals surface area contributed by atoms with Gasteiger partial charge in [0.05, 0.1) is 0 Å². The van der Waals surface area contributed by atoms with Gasteiger partial charge in [0.25, 0.3) is 0 Å². The average Bonchev–Trinajstić information content (AvgIpc) is 2.29. The van der Waals surface area contributed by atoms with E-state index >= 15 is 0 Å². The molecule has 2 aromatic carbocycles. The first-order valence-electron chi connectivity index (χ1n) is 4.63. The lowest BCUT2D eigenvalue weighted by Crippen LogP contribution is -1.91. The Labute approximate surface area is 106 Å². The van der Waals surface area contributed by atoms with Crippen LogP contribution in [0.1, 0.15) is 0 Å². The maximum absolute atomic E-state index is 13.7. The van der Waals surface area contributed by atoms with E-state index in [1.165, 1.54) is 18.2 Å². The van der Waals surface area contributed by atoms with Crippen molar-refractivity contribution in [3.05, 3.63) is 52.0 Å². The fourth-order valence-corrected chi connectivity index (χ4v) is 2.09. The van der Waals surface area contributed by atoms with Crippen molar-refractivity contribution in [2.45, 2.75) is 0 Å². The molecule has 0 aliphatic heterocycles. The van der Waals surface area contributed by atoms with Gasteiger partial charge in [-0.2, -0.15) is 4.39 Å². The fourth-order valence-electron chi connectivity index (χ4n) is 1.49. The second kappa shape index (κ2) is 4.51. The molecule has 0 heterocycles. The zero-order valence-corrected chi connectivity index (χ0v) is 9.86.